The van der Waals surface area contributed by atoms with Crippen molar-refractivity contribution in [3.63, 3.8) is 0 Å². The van der Waals surface area contributed by atoms with Crippen LogP contribution >= 0.6 is 0 Å². The Hall–Kier alpha value is -1.06. The molecule has 84 valence electrons. The Morgan fingerprint density at radius 3 is 2.33 bits per heavy atom. The van der Waals surface area contributed by atoms with Crippen LogP contribution in [0.5, 0.6) is 0 Å². The van der Waals surface area contributed by atoms with Crippen molar-refractivity contribution in [1.82, 2.24) is 4.90 Å². The summed E-state index contributed by atoms with van der Waals surface area (Å²) >= 11 is 0. The Balaban J connectivity index is 1.67. The minimum atomic E-state index is -0.186. The SMILES string of the molecule is O=C(OCC(=O)N1CCCC1)C1CCC1. The molecule has 0 aromatic heterocycles. The highest BCUT2D eigenvalue weighted by Crippen LogP contribution is 2.27. The number of amides is 1. The second kappa shape index (κ2) is 4.64. The van der Waals surface area contributed by atoms with Gasteiger partial charge in [0.05, 0.1) is 5.92 Å². The van der Waals surface area contributed by atoms with Gasteiger partial charge in [0, 0.05) is 13.1 Å². The van der Waals surface area contributed by atoms with Gasteiger partial charge in [-0.15, -0.1) is 0 Å². The first-order chi connectivity index (χ1) is 7.27. The van der Waals surface area contributed by atoms with E-state index in [-0.39, 0.29) is 24.4 Å². The molecule has 15 heavy (non-hydrogen) atoms. The maximum Gasteiger partial charge on any atom is 0.309 e. The van der Waals surface area contributed by atoms with Crippen molar-refractivity contribution in [3.8, 4) is 0 Å². The zero-order valence-corrected chi connectivity index (χ0v) is 8.91. The lowest BCUT2D eigenvalue weighted by atomic mass is 9.86. The van der Waals surface area contributed by atoms with Crippen molar-refractivity contribution in [2.24, 2.45) is 5.92 Å². The Morgan fingerprint density at radius 1 is 1.13 bits per heavy atom. The quantitative estimate of drug-likeness (QED) is 0.653. The van der Waals surface area contributed by atoms with E-state index in [0.717, 1.165) is 45.2 Å². The predicted octanol–water partition coefficient (Wildman–Crippen LogP) is 0.952. The predicted molar refractivity (Wildman–Crippen MR) is 54.1 cm³/mol. The first-order valence-electron chi connectivity index (χ1n) is 5.72. The van der Waals surface area contributed by atoms with E-state index in [1.807, 2.05) is 0 Å². The molecular weight excluding hydrogens is 194 g/mol. The van der Waals surface area contributed by atoms with Gasteiger partial charge in [-0.1, -0.05) is 6.42 Å². The number of rotatable bonds is 3. The second-order valence-electron chi connectivity index (χ2n) is 4.32. The summed E-state index contributed by atoms with van der Waals surface area (Å²) in [7, 11) is 0. The highest BCUT2D eigenvalue weighted by atomic mass is 16.5. The van der Waals surface area contributed by atoms with Crippen LogP contribution in [-0.2, 0) is 14.3 Å². The molecule has 0 atom stereocenters. The van der Waals surface area contributed by atoms with E-state index in [4.69, 9.17) is 4.74 Å². The Bertz CT molecular complexity index is 255. The highest BCUT2D eigenvalue weighted by Gasteiger charge is 2.28. The lowest BCUT2D eigenvalue weighted by molar-refractivity contribution is -0.157. The maximum absolute atomic E-state index is 11.5. The molecule has 2 aliphatic rings. The first kappa shape index (κ1) is 10.5. The van der Waals surface area contributed by atoms with E-state index >= 15 is 0 Å². The van der Waals surface area contributed by atoms with Crippen LogP contribution < -0.4 is 0 Å². The van der Waals surface area contributed by atoms with Gasteiger partial charge in [0.25, 0.3) is 5.91 Å². The molecule has 0 aromatic carbocycles. The van der Waals surface area contributed by atoms with Crippen LogP contribution in [0.15, 0.2) is 0 Å². The summed E-state index contributed by atoms with van der Waals surface area (Å²) in [4.78, 5) is 24.7. The molecule has 4 nitrogen and oxygen atoms in total. The van der Waals surface area contributed by atoms with Crippen LogP contribution in [-0.4, -0.2) is 36.5 Å². The van der Waals surface area contributed by atoms with Crippen LogP contribution in [0.25, 0.3) is 0 Å². The van der Waals surface area contributed by atoms with Crippen molar-refractivity contribution in [2.75, 3.05) is 19.7 Å². The number of carbonyl (C=O) groups excluding carboxylic acids is 2. The van der Waals surface area contributed by atoms with Gasteiger partial charge < -0.3 is 9.64 Å². The van der Waals surface area contributed by atoms with Gasteiger partial charge in [-0.05, 0) is 25.7 Å². The van der Waals surface area contributed by atoms with Crippen molar-refractivity contribution in [2.45, 2.75) is 32.1 Å². The van der Waals surface area contributed by atoms with Crippen molar-refractivity contribution >= 4 is 11.9 Å². The van der Waals surface area contributed by atoms with Gasteiger partial charge in [0.2, 0.25) is 0 Å². The first-order valence-corrected chi connectivity index (χ1v) is 5.72. The standard InChI is InChI=1S/C11H17NO3/c13-10(12-6-1-2-7-12)8-15-11(14)9-4-3-5-9/h9H,1-8H2. The van der Waals surface area contributed by atoms with E-state index in [1.54, 1.807) is 4.90 Å². The molecule has 1 aliphatic heterocycles. The van der Waals surface area contributed by atoms with Crippen molar-refractivity contribution in [1.29, 1.82) is 0 Å². The molecule has 1 saturated heterocycles. The van der Waals surface area contributed by atoms with Crippen molar-refractivity contribution < 1.29 is 14.3 Å². The van der Waals surface area contributed by atoms with E-state index in [2.05, 4.69) is 0 Å². The lowest BCUT2D eigenvalue weighted by Crippen LogP contribution is -2.34. The van der Waals surface area contributed by atoms with E-state index in [9.17, 15) is 9.59 Å². The topological polar surface area (TPSA) is 46.6 Å². The number of hydrogen-bond donors (Lipinski definition) is 0. The zero-order valence-electron chi connectivity index (χ0n) is 8.91. The number of likely N-dealkylation sites (tertiary alicyclic amines) is 1. The molecule has 0 spiro atoms. The number of hydrogen-bond acceptors (Lipinski definition) is 3. The number of nitrogens with zero attached hydrogens (tertiary/aromatic N) is 1. The molecule has 4 heteroatoms. The molecule has 0 N–H and O–H groups in total. The minimum absolute atomic E-state index is 0.0415. The number of esters is 1. The maximum atomic E-state index is 11.5. The van der Waals surface area contributed by atoms with E-state index < -0.39 is 0 Å². The average Bonchev–Trinajstić information content (AvgIpc) is 2.63. The van der Waals surface area contributed by atoms with E-state index in [1.165, 1.54) is 0 Å². The molecule has 1 amide bonds. The summed E-state index contributed by atoms with van der Waals surface area (Å²) in [6.45, 7) is 1.58. The summed E-state index contributed by atoms with van der Waals surface area (Å²) in [5.74, 6) is -0.162. The molecule has 0 radical (unpaired) electrons. The van der Waals surface area contributed by atoms with Gasteiger partial charge in [-0.2, -0.15) is 0 Å². The summed E-state index contributed by atoms with van der Waals surface area (Å²) in [5.41, 5.74) is 0. The van der Waals surface area contributed by atoms with Gasteiger partial charge in [0.15, 0.2) is 6.61 Å². The highest BCUT2D eigenvalue weighted by molar-refractivity contribution is 5.81. The van der Waals surface area contributed by atoms with Gasteiger partial charge in [-0.25, -0.2) is 0 Å². The van der Waals surface area contributed by atoms with Crippen molar-refractivity contribution in [3.05, 3.63) is 0 Å². The lowest BCUT2D eigenvalue weighted by Gasteiger charge is -2.23. The largest absolute Gasteiger partial charge is 0.455 e. The Morgan fingerprint density at radius 2 is 1.80 bits per heavy atom. The van der Waals surface area contributed by atoms with Crippen LogP contribution in [0, 0.1) is 5.92 Å². The van der Waals surface area contributed by atoms with Gasteiger partial charge >= 0.3 is 5.97 Å². The summed E-state index contributed by atoms with van der Waals surface area (Å²) in [6.07, 6.45) is 5.11. The fraction of sp³-hybridized carbons (Fsp3) is 0.818. The molecular formula is C11H17NO3. The molecule has 2 rings (SSSR count). The third-order valence-corrected chi connectivity index (χ3v) is 3.24. The molecule has 1 heterocycles. The van der Waals surface area contributed by atoms with Crippen LogP contribution in [0.1, 0.15) is 32.1 Å². The van der Waals surface area contributed by atoms with Crippen LogP contribution in [0.4, 0.5) is 0 Å². The third kappa shape index (κ3) is 2.49. The number of ether oxygens (including phenoxy) is 1. The Kier molecular flexibility index (Phi) is 3.23. The normalized spacial score (nSPS) is 21.2. The monoisotopic (exact) mass is 211 g/mol. The van der Waals surface area contributed by atoms with Gasteiger partial charge in [-0.3, -0.25) is 9.59 Å². The summed E-state index contributed by atoms with van der Waals surface area (Å²) in [6, 6.07) is 0. The zero-order chi connectivity index (χ0) is 10.7. The summed E-state index contributed by atoms with van der Waals surface area (Å²) in [5, 5.41) is 0. The molecule has 1 saturated carbocycles. The third-order valence-electron chi connectivity index (χ3n) is 3.24. The second-order valence-corrected chi connectivity index (χ2v) is 4.32. The van der Waals surface area contributed by atoms with Gasteiger partial charge in [0.1, 0.15) is 0 Å². The molecule has 2 fully saturated rings. The molecule has 0 bridgehead atoms. The smallest absolute Gasteiger partial charge is 0.309 e. The Labute approximate surface area is 89.6 Å². The molecule has 0 unspecified atom stereocenters. The summed E-state index contributed by atoms with van der Waals surface area (Å²) < 4.78 is 4.99. The van der Waals surface area contributed by atoms with Crippen LogP contribution in [0.3, 0.4) is 0 Å². The molecule has 0 aromatic rings. The fourth-order valence-electron chi connectivity index (χ4n) is 1.95. The molecule has 1 aliphatic carbocycles. The fourth-order valence-corrected chi connectivity index (χ4v) is 1.95. The number of carbonyl (C=O) groups is 2. The van der Waals surface area contributed by atoms with Crippen LogP contribution in [0.2, 0.25) is 0 Å². The average molecular weight is 211 g/mol. The minimum Gasteiger partial charge on any atom is -0.455 e. The van der Waals surface area contributed by atoms with E-state index in [0.29, 0.717) is 0 Å².